The number of amides is 1. The molecule has 3 N–H and O–H groups in total. The monoisotopic (exact) mass is 353 g/mol. The number of nitrogen functional groups attached to an aromatic ring is 1. The molecule has 0 bridgehead atoms. The number of hydrogen-bond acceptors (Lipinski definition) is 4. The van der Waals surface area contributed by atoms with Crippen LogP contribution in [0.25, 0.3) is 0 Å². The zero-order valence-corrected chi connectivity index (χ0v) is 13.7. The van der Waals surface area contributed by atoms with Gasteiger partial charge in [-0.1, -0.05) is 6.92 Å². The Kier molecular flexibility index (Phi) is 4.77. The first-order chi connectivity index (χ1) is 9.51. The van der Waals surface area contributed by atoms with Crippen molar-refractivity contribution in [1.29, 1.82) is 0 Å². The second-order valence-corrected chi connectivity index (χ2v) is 6.45. The first-order valence-electron chi connectivity index (χ1n) is 6.31. The Morgan fingerprint density at radius 1 is 1.55 bits per heavy atom. The van der Waals surface area contributed by atoms with E-state index in [9.17, 15) is 4.79 Å². The van der Waals surface area contributed by atoms with Crippen molar-refractivity contribution in [2.45, 2.75) is 26.3 Å². The predicted octanol–water partition coefficient (Wildman–Crippen LogP) is 3.54. The predicted molar refractivity (Wildman–Crippen MR) is 85.9 cm³/mol. The Labute approximate surface area is 130 Å². The minimum absolute atomic E-state index is 0.124. The Hall–Kier alpha value is -1.40. The molecule has 0 aliphatic carbocycles. The molecule has 1 aromatic heterocycles. The van der Waals surface area contributed by atoms with Crippen LogP contribution in [0, 0.1) is 0 Å². The van der Waals surface area contributed by atoms with Gasteiger partial charge < -0.3 is 11.1 Å². The lowest BCUT2D eigenvalue weighted by Gasteiger charge is -2.12. The first-order valence-corrected chi connectivity index (χ1v) is 7.92. The van der Waals surface area contributed by atoms with E-state index in [4.69, 9.17) is 5.73 Å². The second-order valence-electron chi connectivity index (χ2n) is 4.45. The fraction of sp³-hybridized carbons (Fsp3) is 0.286. The van der Waals surface area contributed by atoms with Crippen LogP contribution in [0.4, 0.5) is 5.69 Å². The number of halogens is 1. The van der Waals surface area contributed by atoms with Gasteiger partial charge in [0.1, 0.15) is 5.01 Å². The summed E-state index contributed by atoms with van der Waals surface area (Å²) in [5.41, 5.74) is 6.81. The SMILES string of the molecule is CCc1cnc(C(C)NC(=O)c2cc(N)ccc2Br)s1. The van der Waals surface area contributed by atoms with Gasteiger partial charge in [-0.25, -0.2) is 4.98 Å². The van der Waals surface area contributed by atoms with Gasteiger partial charge in [-0.15, -0.1) is 11.3 Å². The van der Waals surface area contributed by atoms with E-state index in [1.807, 2.05) is 13.1 Å². The molecule has 2 aromatic rings. The standard InChI is InChI=1S/C14H16BrN3OS/c1-3-10-7-17-14(20-10)8(2)18-13(19)11-6-9(16)4-5-12(11)15/h4-8H,3,16H2,1-2H3,(H,18,19). The molecule has 1 heterocycles. The maximum atomic E-state index is 12.3. The third kappa shape index (κ3) is 3.37. The number of nitrogens with two attached hydrogens (primary N) is 1. The number of nitrogens with zero attached hydrogens (tertiary/aromatic N) is 1. The van der Waals surface area contributed by atoms with E-state index in [0.29, 0.717) is 11.3 Å². The van der Waals surface area contributed by atoms with Gasteiger partial charge in [-0.05, 0) is 47.5 Å². The number of anilines is 1. The molecule has 1 unspecified atom stereocenters. The van der Waals surface area contributed by atoms with Crippen molar-refractivity contribution in [2.75, 3.05) is 5.73 Å². The number of thiazole rings is 1. The van der Waals surface area contributed by atoms with E-state index in [1.54, 1.807) is 29.5 Å². The normalized spacial score (nSPS) is 12.2. The van der Waals surface area contributed by atoms with E-state index in [2.05, 4.69) is 33.2 Å². The zero-order valence-electron chi connectivity index (χ0n) is 11.3. The highest BCUT2D eigenvalue weighted by molar-refractivity contribution is 9.10. The largest absolute Gasteiger partial charge is 0.399 e. The number of aryl methyl sites for hydroxylation is 1. The average Bonchev–Trinajstić information content (AvgIpc) is 2.90. The fourth-order valence-electron chi connectivity index (χ4n) is 1.74. The number of nitrogens with one attached hydrogen (secondary N) is 1. The van der Waals surface area contributed by atoms with Crippen LogP contribution < -0.4 is 11.1 Å². The summed E-state index contributed by atoms with van der Waals surface area (Å²) in [4.78, 5) is 17.8. The molecule has 1 atom stereocenters. The fourth-order valence-corrected chi connectivity index (χ4v) is 3.03. The Morgan fingerprint density at radius 3 is 2.95 bits per heavy atom. The Morgan fingerprint density at radius 2 is 2.30 bits per heavy atom. The molecule has 0 aliphatic heterocycles. The summed E-state index contributed by atoms with van der Waals surface area (Å²) < 4.78 is 0.727. The van der Waals surface area contributed by atoms with Gasteiger partial charge in [-0.3, -0.25) is 4.79 Å². The summed E-state index contributed by atoms with van der Waals surface area (Å²) in [6.45, 7) is 4.01. The molecule has 0 aliphatic rings. The lowest BCUT2D eigenvalue weighted by atomic mass is 10.2. The minimum Gasteiger partial charge on any atom is -0.399 e. The number of aromatic nitrogens is 1. The summed E-state index contributed by atoms with van der Waals surface area (Å²) in [5.74, 6) is -0.162. The Balaban J connectivity index is 2.12. The van der Waals surface area contributed by atoms with Crippen LogP contribution in [-0.2, 0) is 6.42 Å². The van der Waals surface area contributed by atoms with Gasteiger partial charge in [0.25, 0.3) is 5.91 Å². The number of hydrogen-bond donors (Lipinski definition) is 2. The highest BCUT2D eigenvalue weighted by atomic mass is 79.9. The molecular weight excluding hydrogens is 338 g/mol. The molecule has 0 fully saturated rings. The molecule has 0 radical (unpaired) electrons. The van der Waals surface area contributed by atoms with Crippen LogP contribution >= 0.6 is 27.3 Å². The highest BCUT2D eigenvalue weighted by Gasteiger charge is 2.16. The molecule has 106 valence electrons. The molecule has 0 saturated heterocycles. The van der Waals surface area contributed by atoms with Crippen molar-refractivity contribution in [1.82, 2.24) is 10.3 Å². The number of rotatable bonds is 4. The summed E-state index contributed by atoms with van der Waals surface area (Å²) in [5, 5.41) is 3.85. The third-order valence-electron chi connectivity index (χ3n) is 2.87. The first kappa shape index (κ1) is 15.0. The molecule has 0 spiro atoms. The molecule has 6 heteroatoms. The van der Waals surface area contributed by atoms with Gasteiger partial charge in [0, 0.05) is 21.2 Å². The molecule has 4 nitrogen and oxygen atoms in total. The average molecular weight is 354 g/mol. The van der Waals surface area contributed by atoms with Crippen molar-refractivity contribution in [3.05, 3.63) is 44.3 Å². The second kappa shape index (κ2) is 6.37. The summed E-state index contributed by atoms with van der Waals surface area (Å²) in [6.07, 6.45) is 2.82. The highest BCUT2D eigenvalue weighted by Crippen LogP contribution is 2.23. The quantitative estimate of drug-likeness (QED) is 0.826. The Bertz CT molecular complexity index is 627. The minimum atomic E-state index is -0.162. The molecule has 20 heavy (non-hydrogen) atoms. The van der Waals surface area contributed by atoms with Crippen LogP contribution in [0.1, 0.15) is 40.1 Å². The van der Waals surface area contributed by atoms with E-state index >= 15 is 0 Å². The van der Waals surface area contributed by atoms with Crippen molar-refractivity contribution >= 4 is 38.9 Å². The summed E-state index contributed by atoms with van der Waals surface area (Å²) in [6, 6.07) is 5.05. The van der Waals surface area contributed by atoms with Crippen LogP contribution in [-0.4, -0.2) is 10.9 Å². The number of carbonyl (C=O) groups excluding carboxylic acids is 1. The van der Waals surface area contributed by atoms with Gasteiger partial charge in [0.2, 0.25) is 0 Å². The molecule has 0 saturated carbocycles. The number of benzene rings is 1. The van der Waals surface area contributed by atoms with Gasteiger partial charge in [-0.2, -0.15) is 0 Å². The maximum Gasteiger partial charge on any atom is 0.253 e. The van der Waals surface area contributed by atoms with E-state index in [-0.39, 0.29) is 11.9 Å². The lowest BCUT2D eigenvalue weighted by Crippen LogP contribution is -2.27. The molecule has 1 aromatic carbocycles. The van der Waals surface area contributed by atoms with Gasteiger partial charge >= 0.3 is 0 Å². The van der Waals surface area contributed by atoms with E-state index < -0.39 is 0 Å². The number of carbonyl (C=O) groups is 1. The maximum absolute atomic E-state index is 12.3. The summed E-state index contributed by atoms with van der Waals surface area (Å²) in [7, 11) is 0. The van der Waals surface area contributed by atoms with Crippen LogP contribution in [0.2, 0.25) is 0 Å². The van der Waals surface area contributed by atoms with Gasteiger partial charge in [0.05, 0.1) is 11.6 Å². The van der Waals surface area contributed by atoms with Crippen molar-refractivity contribution in [3.63, 3.8) is 0 Å². The van der Waals surface area contributed by atoms with Crippen LogP contribution in [0.5, 0.6) is 0 Å². The third-order valence-corrected chi connectivity index (χ3v) is 4.89. The summed E-state index contributed by atoms with van der Waals surface area (Å²) >= 11 is 4.99. The lowest BCUT2D eigenvalue weighted by molar-refractivity contribution is 0.0939. The van der Waals surface area contributed by atoms with E-state index in [0.717, 1.165) is 15.9 Å². The smallest absolute Gasteiger partial charge is 0.253 e. The van der Waals surface area contributed by atoms with Gasteiger partial charge in [0.15, 0.2) is 0 Å². The van der Waals surface area contributed by atoms with E-state index in [1.165, 1.54) is 4.88 Å². The topological polar surface area (TPSA) is 68.0 Å². The molecule has 2 rings (SSSR count). The van der Waals surface area contributed by atoms with Crippen LogP contribution in [0.3, 0.4) is 0 Å². The van der Waals surface area contributed by atoms with Crippen molar-refractivity contribution in [3.8, 4) is 0 Å². The van der Waals surface area contributed by atoms with Crippen molar-refractivity contribution in [2.24, 2.45) is 0 Å². The van der Waals surface area contributed by atoms with Crippen molar-refractivity contribution < 1.29 is 4.79 Å². The zero-order chi connectivity index (χ0) is 14.7. The molecule has 1 amide bonds. The van der Waals surface area contributed by atoms with Crippen LogP contribution in [0.15, 0.2) is 28.9 Å². The molecular formula is C14H16BrN3OS.